The number of hydrogen-bond donors (Lipinski definition) is 1. The van der Waals surface area contributed by atoms with Gasteiger partial charge in [0.1, 0.15) is 0 Å². The van der Waals surface area contributed by atoms with Gasteiger partial charge in [0.05, 0.1) is 6.04 Å². The van der Waals surface area contributed by atoms with E-state index in [-0.39, 0.29) is 5.91 Å². The molecule has 0 aliphatic heterocycles. The molecule has 0 saturated carbocycles. The summed E-state index contributed by atoms with van der Waals surface area (Å²) in [7, 11) is 2.40. The summed E-state index contributed by atoms with van der Waals surface area (Å²) in [5.41, 5.74) is 0. The molecule has 1 amide bonds. The Hall–Kier alpha value is -0.660. The van der Waals surface area contributed by atoms with Crippen molar-refractivity contribution >= 4 is 16.1 Å². The minimum atomic E-state index is -3.54. The quantitative estimate of drug-likeness (QED) is 0.655. The molecule has 0 aliphatic rings. The third-order valence-corrected chi connectivity index (χ3v) is 3.23. The standard InChI is InChI=1S/C7H17N3O3S/c1-6(7(11)9(2)3)8-14(12,13)10(4)5/h6,8H,1-5H3/t6-/m0/s1. The van der Waals surface area contributed by atoms with Gasteiger partial charge in [0.25, 0.3) is 10.2 Å². The van der Waals surface area contributed by atoms with E-state index >= 15 is 0 Å². The second kappa shape index (κ2) is 4.72. The van der Waals surface area contributed by atoms with Gasteiger partial charge in [-0.3, -0.25) is 4.79 Å². The summed E-state index contributed by atoms with van der Waals surface area (Å²) in [4.78, 5) is 12.7. The van der Waals surface area contributed by atoms with Crippen LogP contribution in [0.5, 0.6) is 0 Å². The van der Waals surface area contributed by atoms with Crippen LogP contribution in [0.2, 0.25) is 0 Å². The molecule has 14 heavy (non-hydrogen) atoms. The molecule has 0 bridgehead atoms. The molecule has 0 aromatic rings. The summed E-state index contributed by atoms with van der Waals surface area (Å²) in [6.45, 7) is 1.50. The molecule has 0 fully saturated rings. The van der Waals surface area contributed by atoms with Crippen LogP contribution in [-0.2, 0) is 15.0 Å². The fraction of sp³-hybridized carbons (Fsp3) is 0.857. The number of likely N-dealkylation sites (N-methyl/N-ethyl adjacent to an activating group) is 1. The summed E-state index contributed by atoms with van der Waals surface area (Å²) in [5.74, 6) is -0.282. The Kier molecular flexibility index (Phi) is 4.50. The predicted molar refractivity (Wildman–Crippen MR) is 53.9 cm³/mol. The van der Waals surface area contributed by atoms with Crippen LogP contribution in [0.15, 0.2) is 0 Å². The van der Waals surface area contributed by atoms with E-state index in [2.05, 4.69) is 4.72 Å². The third-order valence-electron chi connectivity index (χ3n) is 1.62. The van der Waals surface area contributed by atoms with Gasteiger partial charge in [-0.15, -0.1) is 0 Å². The molecule has 1 atom stereocenters. The minimum absolute atomic E-state index is 0.282. The molecule has 0 heterocycles. The van der Waals surface area contributed by atoms with Crippen LogP contribution in [0.4, 0.5) is 0 Å². The van der Waals surface area contributed by atoms with Crippen LogP contribution in [-0.4, -0.2) is 57.8 Å². The van der Waals surface area contributed by atoms with Gasteiger partial charge in [0.2, 0.25) is 5.91 Å². The average Bonchev–Trinajstić information content (AvgIpc) is 2.01. The van der Waals surface area contributed by atoms with Gasteiger partial charge in [0, 0.05) is 28.2 Å². The van der Waals surface area contributed by atoms with Gasteiger partial charge in [-0.2, -0.15) is 17.4 Å². The molecule has 6 nitrogen and oxygen atoms in total. The molecule has 0 aliphatic carbocycles. The van der Waals surface area contributed by atoms with E-state index in [1.165, 1.54) is 25.9 Å². The summed E-state index contributed by atoms with van der Waals surface area (Å²) in [6.07, 6.45) is 0. The Bertz CT molecular complexity index is 297. The van der Waals surface area contributed by atoms with Crippen molar-refractivity contribution < 1.29 is 13.2 Å². The Morgan fingerprint density at radius 3 is 1.93 bits per heavy atom. The van der Waals surface area contributed by atoms with Crippen molar-refractivity contribution in [3.63, 3.8) is 0 Å². The van der Waals surface area contributed by atoms with Gasteiger partial charge >= 0.3 is 0 Å². The van der Waals surface area contributed by atoms with Crippen molar-refractivity contribution in [3.05, 3.63) is 0 Å². The Morgan fingerprint density at radius 2 is 1.64 bits per heavy atom. The first-order chi connectivity index (χ1) is 6.18. The van der Waals surface area contributed by atoms with E-state index in [0.29, 0.717) is 0 Å². The third kappa shape index (κ3) is 3.60. The highest BCUT2D eigenvalue weighted by atomic mass is 32.2. The zero-order chi connectivity index (χ0) is 11.5. The Labute approximate surface area is 85.1 Å². The van der Waals surface area contributed by atoms with Crippen LogP contribution in [0.1, 0.15) is 6.92 Å². The van der Waals surface area contributed by atoms with Crippen molar-refractivity contribution in [2.75, 3.05) is 28.2 Å². The van der Waals surface area contributed by atoms with Crippen LogP contribution in [0.25, 0.3) is 0 Å². The van der Waals surface area contributed by atoms with Crippen molar-refractivity contribution in [3.8, 4) is 0 Å². The van der Waals surface area contributed by atoms with Gasteiger partial charge < -0.3 is 4.90 Å². The number of hydrogen-bond acceptors (Lipinski definition) is 3. The van der Waals surface area contributed by atoms with E-state index in [0.717, 1.165) is 4.31 Å². The number of carbonyl (C=O) groups is 1. The number of nitrogens with zero attached hydrogens (tertiary/aromatic N) is 2. The first-order valence-electron chi connectivity index (χ1n) is 4.09. The average molecular weight is 223 g/mol. The monoisotopic (exact) mass is 223 g/mol. The van der Waals surface area contributed by atoms with E-state index in [4.69, 9.17) is 0 Å². The minimum Gasteiger partial charge on any atom is -0.347 e. The maximum Gasteiger partial charge on any atom is 0.279 e. The topological polar surface area (TPSA) is 69.7 Å². The summed E-state index contributed by atoms with van der Waals surface area (Å²) in [5, 5.41) is 0. The zero-order valence-corrected chi connectivity index (χ0v) is 9.92. The smallest absolute Gasteiger partial charge is 0.279 e. The van der Waals surface area contributed by atoms with E-state index < -0.39 is 16.3 Å². The molecule has 84 valence electrons. The van der Waals surface area contributed by atoms with Crippen LogP contribution < -0.4 is 4.72 Å². The Balaban J connectivity index is 4.49. The van der Waals surface area contributed by atoms with Crippen molar-refractivity contribution in [2.24, 2.45) is 0 Å². The van der Waals surface area contributed by atoms with Gasteiger partial charge in [-0.25, -0.2) is 0 Å². The molecule has 0 aromatic carbocycles. The van der Waals surface area contributed by atoms with Gasteiger partial charge in [-0.1, -0.05) is 0 Å². The maximum atomic E-state index is 11.3. The Morgan fingerprint density at radius 1 is 1.21 bits per heavy atom. The molecular weight excluding hydrogens is 206 g/mol. The highest BCUT2D eigenvalue weighted by molar-refractivity contribution is 7.87. The summed E-state index contributed by atoms with van der Waals surface area (Å²) >= 11 is 0. The molecule has 0 rings (SSSR count). The lowest BCUT2D eigenvalue weighted by atomic mass is 10.3. The molecule has 0 radical (unpaired) electrons. The largest absolute Gasteiger partial charge is 0.347 e. The number of amides is 1. The number of nitrogens with one attached hydrogen (secondary N) is 1. The van der Waals surface area contributed by atoms with Gasteiger partial charge in [-0.05, 0) is 6.92 Å². The lowest BCUT2D eigenvalue weighted by molar-refractivity contribution is -0.130. The first kappa shape index (κ1) is 13.3. The fourth-order valence-corrected chi connectivity index (χ4v) is 1.52. The number of carbonyl (C=O) groups excluding carboxylic acids is 1. The maximum absolute atomic E-state index is 11.3. The normalized spacial score (nSPS) is 14.1. The lowest BCUT2D eigenvalue weighted by Crippen LogP contribution is -2.47. The summed E-state index contributed by atoms with van der Waals surface area (Å²) in [6, 6.07) is -0.752. The molecule has 0 aromatic heterocycles. The highest BCUT2D eigenvalue weighted by Gasteiger charge is 2.22. The van der Waals surface area contributed by atoms with Crippen molar-refractivity contribution in [1.29, 1.82) is 0 Å². The molecule has 1 N–H and O–H groups in total. The second-order valence-corrected chi connectivity index (χ2v) is 5.28. The van der Waals surface area contributed by atoms with E-state index in [9.17, 15) is 13.2 Å². The van der Waals surface area contributed by atoms with E-state index in [1.54, 1.807) is 14.1 Å². The zero-order valence-electron chi connectivity index (χ0n) is 9.10. The molecular formula is C7H17N3O3S. The lowest BCUT2D eigenvalue weighted by Gasteiger charge is -2.20. The fourth-order valence-electron chi connectivity index (χ4n) is 0.767. The predicted octanol–water partition coefficient (Wildman–Crippen LogP) is -1.14. The first-order valence-corrected chi connectivity index (χ1v) is 5.53. The molecule has 0 saturated heterocycles. The molecule has 0 unspecified atom stereocenters. The molecule has 7 heteroatoms. The van der Waals surface area contributed by atoms with Crippen molar-refractivity contribution in [1.82, 2.24) is 13.9 Å². The van der Waals surface area contributed by atoms with Crippen LogP contribution in [0.3, 0.4) is 0 Å². The SMILES string of the molecule is C[C@H](NS(=O)(=O)N(C)C)C(=O)N(C)C. The highest BCUT2D eigenvalue weighted by Crippen LogP contribution is 1.95. The van der Waals surface area contributed by atoms with Crippen LogP contribution >= 0.6 is 0 Å². The van der Waals surface area contributed by atoms with Gasteiger partial charge in [0.15, 0.2) is 0 Å². The molecule has 0 spiro atoms. The van der Waals surface area contributed by atoms with E-state index in [1.807, 2.05) is 0 Å². The summed E-state index contributed by atoms with van der Waals surface area (Å²) < 4.78 is 25.9. The number of rotatable bonds is 4. The second-order valence-electron chi connectivity index (χ2n) is 3.36. The van der Waals surface area contributed by atoms with Crippen LogP contribution in [0, 0.1) is 0 Å². The van der Waals surface area contributed by atoms with Crippen molar-refractivity contribution in [2.45, 2.75) is 13.0 Å².